The molecule has 27 heavy (non-hydrogen) atoms. The molecular weight excluding hydrogens is 336 g/mol. The first-order valence-corrected chi connectivity index (χ1v) is 9.98. The summed E-state index contributed by atoms with van der Waals surface area (Å²) in [4.78, 5) is 4.96. The highest BCUT2D eigenvalue weighted by Gasteiger charge is 2.30. The Kier molecular flexibility index (Phi) is 6.74. The molecule has 0 N–H and O–H groups in total. The second-order valence-electron chi connectivity index (χ2n) is 7.88. The zero-order chi connectivity index (χ0) is 19.2. The Morgan fingerprint density at radius 1 is 1.11 bits per heavy atom. The normalized spacial score (nSPS) is 17.3. The van der Waals surface area contributed by atoms with Crippen molar-refractivity contribution in [2.45, 2.75) is 39.8 Å². The van der Waals surface area contributed by atoms with E-state index in [0.717, 1.165) is 51.5 Å². The number of aryl methyl sites for hydroxylation is 2. The fraction of sp³-hybridized carbons (Fsp3) is 0.571. The van der Waals surface area contributed by atoms with E-state index in [0.29, 0.717) is 5.92 Å². The van der Waals surface area contributed by atoms with Gasteiger partial charge < -0.3 is 0 Å². The molecule has 146 valence electrons. The van der Waals surface area contributed by atoms with Crippen LogP contribution in [0.5, 0.6) is 0 Å². The maximum Gasteiger partial charge on any atom is 0.173 e. The lowest BCUT2D eigenvalue weighted by Gasteiger charge is -2.38. The molecule has 1 fully saturated rings. The van der Waals surface area contributed by atoms with Crippen molar-refractivity contribution in [1.82, 2.24) is 30.0 Å². The van der Waals surface area contributed by atoms with Crippen molar-refractivity contribution < 1.29 is 0 Å². The third kappa shape index (κ3) is 5.02. The molecule has 3 rings (SSSR count). The second kappa shape index (κ2) is 9.24. The summed E-state index contributed by atoms with van der Waals surface area (Å²) in [6.45, 7) is 16.4. The van der Waals surface area contributed by atoms with E-state index in [1.165, 1.54) is 11.1 Å². The van der Waals surface area contributed by atoms with Crippen molar-refractivity contribution in [3.8, 4) is 0 Å². The van der Waals surface area contributed by atoms with Crippen LogP contribution < -0.4 is 0 Å². The molecule has 0 radical (unpaired) electrons. The van der Waals surface area contributed by atoms with Crippen molar-refractivity contribution in [2.75, 3.05) is 32.7 Å². The van der Waals surface area contributed by atoms with Crippen LogP contribution in [0, 0.1) is 12.8 Å². The molecule has 1 aromatic heterocycles. The van der Waals surface area contributed by atoms with Gasteiger partial charge in [-0.3, -0.25) is 9.80 Å². The van der Waals surface area contributed by atoms with Crippen molar-refractivity contribution in [2.24, 2.45) is 5.92 Å². The van der Waals surface area contributed by atoms with Crippen LogP contribution in [-0.2, 0) is 6.54 Å². The van der Waals surface area contributed by atoms with Crippen molar-refractivity contribution in [3.63, 3.8) is 0 Å². The summed E-state index contributed by atoms with van der Waals surface area (Å²) in [6, 6.07) is 8.89. The molecular formula is C21H32N6. The van der Waals surface area contributed by atoms with Crippen LogP contribution in [0.2, 0.25) is 0 Å². The Labute approximate surface area is 162 Å². The highest BCUT2D eigenvalue weighted by molar-refractivity contribution is 5.28. The number of hydrogen-bond acceptors (Lipinski definition) is 5. The summed E-state index contributed by atoms with van der Waals surface area (Å²) in [7, 11) is 0. The fourth-order valence-corrected chi connectivity index (χ4v) is 3.61. The van der Waals surface area contributed by atoms with Gasteiger partial charge >= 0.3 is 0 Å². The summed E-state index contributed by atoms with van der Waals surface area (Å²) >= 11 is 0. The summed E-state index contributed by atoms with van der Waals surface area (Å²) in [5.41, 5.74) is 2.53. The summed E-state index contributed by atoms with van der Waals surface area (Å²) < 4.78 is 2.00. The Balaban J connectivity index is 1.86. The monoisotopic (exact) mass is 368 g/mol. The Bertz CT molecular complexity index is 713. The summed E-state index contributed by atoms with van der Waals surface area (Å²) in [5, 5.41) is 12.8. The summed E-state index contributed by atoms with van der Waals surface area (Å²) in [5.74, 6) is 1.58. The third-order valence-electron chi connectivity index (χ3n) is 5.27. The van der Waals surface area contributed by atoms with Crippen molar-refractivity contribution >= 4 is 0 Å². The van der Waals surface area contributed by atoms with Gasteiger partial charge in [-0.15, -0.1) is 11.7 Å². The van der Waals surface area contributed by atoms with Crippen LogP contribution in [0.15, 0.2) is 36.9 Å². The summed E-state index contributed by atoms with van der Waals surface area (Å²) in [6.07, 6.45) is 3.06. The number of tetrazole rings is 1. The first-order valence-electron chi connectivity index (χ1n) is 9.98. The van der Waals surface area contributed by atoms with Crippen LogP contribution in [0.25, 0.3) is 0 Å². The molecule has 0 unspecified atom stereocenters. The zero-order valence-corrected chi connectivity index (χ0v) is 16.9. The molecule has 2 aromatic rings. The van der Waals surface area contributed by atoms with E-state index in [-0.39, 0.29) is 6.04 Å². The molecule has 1 aliphatic rings. The van der Waals surface area contributed by atoms with E-state index in [9.17, 15) is 0 Å². The molecule has 2 heterocycles. The van der Waals surface area contributed by atoms with Crippen LogP contribution in [0.4, 0.5) is 0 Å². The second-order valence-corrected chi connectivity index (χ2v) is 7.88. The first-order chi connectivity index (χ1) is 13.1. The molecule has 0 aliphatic carbocycles. The molecule has 0 saturated carbocycles. The minimum atomic E-state index is 0.0960. The lowest BCUT2D eigenvalue weighted by atomic mass is 10.0. The van der Waals surface area contributed by atoms with Gasteiger partial charge in [-0.25, -0.2) is 4.68 Å². The van der Waals surface area contributed by atoms with E-state index in [1.54, 1.807) is 0 Å². The van der Waals surface area contributed by atoms with Crippen LogP contribution in [0.1, 0.15) is 43.3 Å². The lowest BCUT2D eigenvalue weighted by Crippen LogP contribution is -2.48. The van der Waals surface area contributed by atoms with Gasteiger partial charge in [0.15, 0.2) is 5.82 Å². The van der Waals surface area contributed by atoms with E-state index >= 15 is 0 Å². The van der Waals surface area contributed by atoms with E-state index in [1.807, 2.05) is 10.8 Å². The average Bonchev–Trinajstić information content (AvgIpc) is 3.11. The van der Waals surface area contributed by atoms with Crippen LogP contribution in [0.3, 0.4) is 0 Å². The quantitative estimate of drug-likeness (QED) is 0.671. The maximum atomic E-state index is 4.45. The molecule has 6 heteroatoms. The van der Waals surface area contributed by atoms with Crippen molar-refractivity contribution in [1.29, 1.82) is 0 Å². The minimum absolute atomic E-state index is 0.0960. The molecule has 6 nitrogen and oxygen atoms in total. The van der Waals surface area contributed by atoms with Gasteiger partial charge in [0.25, 0.3) is 0 Å². The van der Waals surface area contributed by atoms with Crippen molar-refractivity contribution in [3.05, 3.63) is 53.9 Å². The molecule has 1 aliphatic heterocycles. The highest BCUT2D eigenvalue weighted by Crippen LogP contribution is 2.28. The predicted octanol–water partition coefficient (Wildman–Crippen LogP) is 2.92. The van der Waals surface area contributed by atoms with E-state index in [2.05, 4.69) is 76.9 Å². The van der Waals surface area contributed by atoms with E-state index in [4.69, 9.17) is 0 Å². The van der Waals surface area contributed by atoms with Gasteiger partial charge in [0.2, 0.25) is 0 Å². The molecule has 1 atom stereocenters. The SMILES string of the molecule is C=CCN1CCN([C@@H](c2ccc(C)cc2)c2nnnn2CCC(C)C)CC1. The lowest BCUT2D eigenvalue weighted by molar-refractivity contribution is 0.112. The number of rotatable bonds is 8. The van der Waals surface area contributed by atoms with Gasteiger partial charge in [-0.05, 0) is 35.3 Å². The van der Waals surface area contributed by atoms with Gasteiger partial charge in [-0.1, -0.05) is 49.8 Å². The zero-order valence-electron chi connectivity index (χ0n) is 16.9. The predicted molar refractivity (Wildman–Crippen MR) is 109 cm³/mol. The Morgan fingerprint density at radius 2 is 1.81 bits per heavy atom. The van der Waals surface area contributed by atoms with E-state index < -0.39 is 0 Å². The molecule has 1 aromatic carbocycles. The minimum Gasteiger partial charge on any atom is -0.297 e. The van der Waals surface area contributed by atoms with Crippen LogP contribution in [-0.4, -0.2) is 62.7 Å². The standard InChI is InChI=1S/C21H32N6/c1-5-11-25-13-15-26(16-14-25)20(19-8-6-18(4)7-9-19)21-22-23-24-27(21)12-10-17(2)3/h5-9,17,20H,1,10-16H2,2-4H3/t20-/m0/s1. The average molecular weight is 369 g/mol. The Hall–Kier alpha value is -2.05. The topological polar surface area (TPSA) is 50.1 Å². The number of aromatic nitrogens is 4. The van der Waals surface area contributed by atoms with Gasteiger partial charge in [0.05, 0.1) is 6.04 Å². The van der Waals surface area contributed by atoms with Gasteiger partial charge in [-0.2, -0.15) is 0 Å². The Morgan fingerprint density at radius 3 is 2.44 bits per heavy atom. The van der Waals surface area contributed by atoms with Gasteiger partial charge in [0, 0.05) is 39.3 Å². The molecule has 1 saturated heterocycles. The fourth-order valence-electron chi connectivity index (χ4n) is 3.61. The molecule has 0 spiro atoms. The number of piperazine rings is 1. The van der Waals surface area contributed by atoms with Crippen LogP contribution >= 0.6 is 0 Å². The number of hydrogen-bond donors (Lipinski definition) is 0. The highest BCUT2D eigenvalue weighted by atomic mass is 15.6. The van der Waals surface area contributed by atoms with Gasteiger partial charge in [0.1, 0.15) is 0 Å². The maximum absolute atomic E-state index is 4.45. The third-order valence-corrected chi connectivity index (χ3v) is 5.27. The largest absolute Gasteiger partial charge is 0.297 e. The molecule has 0 bridgehead atoms. The first kappa shape index (κ1) is 19.7. The number of nitrogens with zero attached hydrogens (tertiary/aromatic N) is 6. The molecule has 0 amide bonds. The smallest absolute Gasteiger partial charge is 0.173 e. The number of benzene rings is 1.